The molecule has 7 nitrogen and oxygen atoms in total. The molecule has 3 N–H and O–H groups in total. The number of aryl methyl sites for hydroxylation is 1. The van der Waals surface area contributed by atoms with Crippen molar-refractivity contribution in [3.63, 3.8) is 0 Å². The second kappa shape index (κ2) is 8.34. The third-order valence-corrected chi connectivity index (χ3v) is 5.15. The van der Waals surface area contributed by atoms with Gasteiger partial charge in [-0.1, -0.05) is 18.2 Å². The molecule has 0 amide bonds. The lowest BCUT2D eigenvalue weighted by Crippen LogP contribution is -2.19. The van der Waals surface area contributed by atoms with Gasteiger partial charge in [-0.3, -0.25) is 4.55 Å². The number of aromatic carboxylic acids is 1. The minimum Gasteiger partial charge on any atom is -0.507 e. The Hall–Kier alpha value is -3.36. The van der Waals surface area contributed by atoms with Crippen molar-refractivity contribution in [3.8, 4) is 22.6 Å². The summed E-state index contributed by atoms with van der Waals surface area (Å²) in [6.07, 6.45) is 0. The zero-order chi connectivity index (χ0) is 21.1. The second-order valence-corrected chi connectivity index (χ2v) is 7.09. The summed E-state index contributed by atoms with van der Waals surface area (Å²) in [4.78, 5) is 11.1. The second-order valence-electron chi connectivity index (χ2n) is 6.27. The zero-order valence-corrected chi connectivity index (χ0v) is 16.5. The first-order chi connectivity index (χ1) is 13.8. The largest absolute Gasteiger partial charge is 0.507 e. The predicted octanol–water partition coefficient (Wildman–Crippen LogP) is 4.35. The van der Waals surface area contributed by atoms with Crippen LogP contribution in [0.3, 0.4) is 0 Å². The lowest BCUT2D eigenvalue weighted by atomic mass is 10.0. The van der Waals surface area contributed by atoms with Gasteiger partial charge in [0.25, 0.3) is 11.3 Å². The van der Waals surface area contributed by atoms with Gasteiger partial charge in [-0.05, 0) is 60.0 Å². The number of carboxylic acid groups (broad SMARTS) is 1. The van der Waals surface area contributed by atoms with Gasteiger partial charge < -0.3 is 14.9 Å². The molecule has 0 aliphatic rings. The van der Waals surface area contributed by atoms with Gasteiger partial charge in [-0.25, -0.2) is 13.3 Å². The summed E-state index contributed by atoms with van der Waals surface area (Å²) in [5, 5.41) is 19.0. The van der Waals surface area contributed by atoms with Crippen LogP contribution in [-0.2, 0) is 11.3 Å². The minimum absolute atomic E-state index is 0.177. The quantitative estimate of drug-likeness (QED) is 0.519. The van der Waals surface area contributed by atoms with Crippen LogP contribution in [0.5, 0.6) is 11.5 Å². The van der Waals surface area contributed by atoms with E-state index in [1.807, 2.05) is 31.2 Å². The summed E-state index contributed by atoms with van der Waals surface area (Å²) in [6, 6.07) is 16.4. The molecule has 0 spiro atoms. The fraction of sp³-hybridized carbons (Fsp3) is 0.0952. The van der Waals surface area contributed by atoms with Crippen LogP contribution >= 0.6 is 0 Å². The summed E-state index contributed by atoms with van der Waals surface area (Å²) in [5.41, 5.74) is 2.95. The summed E-state index contributed by atoms with van der Waals surface area (Å²) in [5.74, 6) is -1.02. The fourth-order valence-corrected chi connectivity index (χ4v) is 3.61. The summed E-state index contributed by atoms with van der Waals surface area (Å²) < 4.78 is 28.3. The van der Waals surface area contributed by atoms with Crippen molar-refractivity contribution in [2.75, 3.05) is 11.4 Å². The van der Waals surface area contributed by atoms with Crippen LogP contribution in [-0.4, -0.2) is 32.1 Å². The number of carboxylic acids is 1. The molecule has 150 valence electrons. The normalized spacial score (nSPS) is 11.7. The van der Waals surface area contributed by atoms with E-state index in [2.05, 4.69) is 0 Å². The number of aromatic hydroxyl groups is 1. The van der Waals surface area contributed by atoms with Gasteiger partial charge in [-0.2, -0.15) is 0 Å². The Kier molecular flexibility index (Phi) is 5.86. The van der Waals surface area contributed by atoms with E-state index in [1.165, 1.54) is 12.1 Å². The van der Waals surface area contributed by atoms with Crippen molar-refractivity contribution in [1.82, 2.24) is 0 Å². The van der Waals surface area contributed by atoms with Gasteiger partial charge in [0.1, 0.15) is 17.1 Å². The summed E-state index contributed by atoms with van der Waals surface area (Å²) in [6.45, 7) is 1.92. The van der Waals surface area contributed by atoms with Crippen LogP contribution in [0, 0.1) is 6.92 Å². The van der Waals surface area contributed by atoms with Crippen LogP contribution in [0.25, 0.3) is 11.1 Å². The molecule has 8 heteroatoms. The molecule has 0 saturated carbocycles. The van der Waals surface area contributed by atoms with E-state index >= 15 is 0 Å². The third-order valence-electron chi connectivity index (χ3n) is 4.41. The number of carbonyl (C=O) groups is 1. The van der Waals surface area contributed by atoms with Crippen LogP contribution in [0.4, 0.5) is 11.4 Å². The first-order valence-electron chi connectivity index (χ1n) is 8.54. The number of phenols is 1. The molecule has 0 aromatic heterocycles. The molecule has 1 atom stereocenters. The topological polar surface area (TPSA) is 107 Å². The van der Waals surface area contributed by atoms with Crippen LogP contribution in [0.2, 0.25) is 0 Å². The Balaban J connectivity index is 2.05. The van der Waals surface area contributed by atoms with Crippen molar-refractivity contribution >= 4 is 28.6 Å². The van der Waals surface area contributed by atoms with Crippen molar-refractivity contribution in [2.45, 2.75) is 6.92 Å². The van der Waals surface area contributed by atoms with Gasteiger partial charge in [0.05, 0.1) is 18.5 Å². The smallest absolute Gasteiger partial charge is 0.339 e. The van der Waals surface area contributed by atoms with Crippen LogP contribution in [0.1, 0.15) is 15.9 Å². The van der Waals surface area contributed by atoms with E-state index in [9.17, 15) is 18.7 Å². The van der Waals surface area contributed by atoms with Crippen LogP contribution < -0.4 is 9.04 Å². The third kappa shape index (κ3) is 4.23. The highest BCUT2D eigenvalue weighted by molar-refractivity contribution is 7.81. The SMILES string of the molecule is COc1ccc(-c2cccc(N(c3ccc(C(=O)O)c(O)c3)S(=O)O)c2)cc1C. The molecule has 3 rings (SSSR count). The highest BCUT2D eigenvalue weighted by Gasteiger charge is 2.19. The lowest BCUT2D eigenvalue weighted by molar-refractivity contribution is 0.0694. The van der Waals surface area contributed by atoms with E-state index in [1.54, 1.807) is 25.3 Å². The molecule has 0 radical (unpaired) electrons. The number of anilines is 2. The molecule has 0 fully saturated rings. The Morgan fingerprint density at radius 3 is 2.28 bits per heavy atom. The van der Waals surface area contributed by atoms with Crippen molar-refractivity contribution in [1.29, 1.82) is 0 Å². The van der Waals surface area contributed by atoms with Gasteiger partial charge in [-0.15, -0.1) is 0 Å². The summed E-state index contributed by atoms with van der Waals surface area (Å²) in [7, 11) is 1.60. The highest BCUT2D eigenvalue weighted by atomic mass is 32.2. The molecule has 0 heterocycles. The zero-order valence-electron chi connectivity index (χ0n) is 15.7. The maximum Gasteiger partial charge on any atom is 0.339 e. The maximum atomic E-state index is 12.0. The number of hydrogen-bond acceptors (Lipinski definition) is 4. The van der Waals surface area contributed by atoms with Crippen molar-refractivity contribution in [3.05, 3.63) is 71.8 Å². The maximum absolute atomic E-state index is 12.0. The van der Waals surface area contributed by atoms with Crippen molar-refractivity contribution < 1.29 is 28.5 Å². The fourth-order valence-electron chi connectivity index (χ4n) is 3.03. The molecule has 3 aromatic rings. The standard InChI is InChI=1S/C21H19NO6S/c1-13-10-15(6-9-20(13)28-2)14-4-3-5-16(11-14)22(29(26)27)17-7-8-18(21(24)25)19(23)12-17/h3-12,23H,1-2H3,(H,24,25)(H,26,27). The van der Waals surface area contributed by atoms with Gasteiger partial charge in [0.15, 0.2) is 0 Å². The van der Waals surface area contributed by atoms with E-state index < -0.39 is 23.0 Å². The Morgan fingerprint density at radius 2 is 1.69 bits per heavy atom. The first kappa shape index (κ1) is 20.4. The van der Waals surface area contributed by atoms with Crippen molar-refractivity contribution in [2.24, 2.45) is 0 Å². The van der Waals surface area contributed by atoms with Gasteiger partial charge in [0.2, 0.25) is 0 Å². The van der Waals surface area contributed by atoms with E-state index in [4.69, 9.17) is 9.84 Å². The monoisotopic (exact) mass is 413 g/mol. The number of hydrogen-bond donors (Lipinski definition) is 3. The lowest BCUT2D eigenvalue weighted by Gasteiger charge is -2.21. The first-order valence-corrected chi connectivity index (χ1v) is 9.60. The predicted molar refractivity (Wildman–Crippen MR) is 111 cm³/mol. The minimum atomic E-state index is -2.45. The molecule has 0 bridgehead atoms. The Labute approximate surface area is 170 Å². The Bertz CT molecular complexity index is 1100. The van der Waals surface area contributed by atoms with E-state index in [0.29, 0.717) is 5.69 Å². The molecule has 3 aromatic carbocycles. The van der Waals surface area contributed by atoms with E-state index in [0.717, 1.165) is 32.8 Å². The average molecular weight is 413 g/mol. The Morgan fingerprint density at radius 1 is 1.00 bits per heavy atom. The molecule has 29 heavy (non-hydrogen) atoms. The van der Waals surface area contributed by atoms with Gasteiger partial charge in [0, 0.05) is 6.07 Å². The molecular formula is C21H19NO6S. The number of methoxy groups -OCH3 is 1. The van der Waals surface area contributed by atoms with Gasteiger partial charge >= 0.3 is 5.97 Å². The number of rotatable bonds is 6. The average Bonchev–Trinajstić information content (AvgIpc) is 2.68. The molecule has 0 aliphatic carbocycles. The number of benzene rings is 3. The molecular weight excluding hydrogens is 394 g/mol. The van der Waals surface area contributed by atoms with E-state index in [-0.39, 0.29) is 11.3 Å². The molecule has 0 aliphatic heterocycles. The highest BCUT2D eigenvalue weighted by Crippen LogP contribution is 2.34. The number of nitrogens with zero attached hydrogens (tertiary/aromatic N) is 1. The van der Waals surface area contributed by atoms with Crippen LogP contribution in [0.15, 0.2) is 60.7 Å². The number of ether oxygens (including phenoxy) is 1. The molecule has 1 unspecified atom stereocenters. The molecule has 0 saturated heterocycles. The summed E-state index contributed by atoms with van der Waals surface area (Å²) >= 11 is -2.45.